The van der Waals surface area contributed by atoms with Gasteiger partial charge in [-0.2, -0.15) is 0 Å². The van der Waals surface area contributed by atoms with E-state index in [-0.39, 0.29) is 24.1 Å². The normalized spacial score (nSPS) is 13.1. The number of nitrogens with one attached hydrogen (secondary N) is 1. The highest BCUT2D eigenvalue weighted by Gasteiger charge is 2.27. The van der Waals surface area contributed by atoms with Crippen molar-refractivity contribution in [2.24, 2.45) is 5.41 Å². The Kier molecular flexibility index (Phi) is 6.01. The van der Waals surface area contributed by atoms with Crippen LogP contribution in [-0.4, -0.2) is 51.3 Å². The zero-order valence-electron chi connectivity index (χ0n) is 12.8. The van der Waals surface area contributed by atoms with Crippen LogP contribution < -0.4 is 5.32 Å². The van der Waals surface area contributed by atoms with Crippen molar-refractivity contribution in [1.82, 2.24) is 19.8 Å². The molecule has 1 atom stereocenters. The zero-order chi connectivity index (χ0) is 15.2. The second-order valence-electron chi connectivity index (χ2n) is 5.93. The Labute approximate surface area is 120 Å². The van der Waals surface area contributed by atoms with E-state index in [1.807, 2.05) is 17.7 Å². The number of aromatic nitrogens is 2. The molecule has 2 amide bonds. The molecule has 6 nitrogen and oxygen atoms in total. The lowest BCUT2D eigenvalue weighted by Crippen LogP contribution is -2.51. The van der Waals surface area contributed by atoms with Gasteiger partial charge in [0.25, 0.3) is 0 Å². The van der Waals surface area contributed by atoms with Gasteiger partial charge >= 0.3 is 6.03 Å². The number of hydrogen-bond acceptors (Lipinski definition) is 3. The fourth-order valence-corrected chi connectivity index (χ4v) is 1.91. The molecule has 0 saturated heterocycles. The second-order valence-corrected chi connectivity index (χ2v) is 5.93. The maximum Gasteiger partial charge on any atom is 0.317 e. The highest BCUT2D eigenvalue weighted by atomic mass is 16.3. The van der Waals surface area contributed by atoms with Crippen molar-refractivity contribution in [1.29, 1.82) is 0 Å². The van der Waals surface area contributed by atoms with Crippen molar-refractivity contribution in [2.45, 2.75) is 40.3 Å². The van der Waals surface area contributed by atoms with Gasteiger partial charge in [0, 0.05) is 32.0 Å². The summed E-state index contributed by atoms with van der Waals surface area (Å²) in [6.45, 7) is 9.76. The lowest BCUT2D eigenvalue weighted by Gasteiger charge is -2.33. The van der Waals surface area contributed by atoms with Crippen LogP contribution in [0, 0.1) is 5.41 Å². The molecule has 20 heavy (non-hydrogen) atoms. The van der Waals surface area contributed by atoms with Crippen molar-refractivity contribution in [3.63, 3.8) is 0 Å². The van der Waals surface area contributed by atoms with Crippen LogP contribution in [0.5, 0.6) is 0 Å². The van der Waals surface area contributed by atoms with Crippen LogP contribution in [0.2, 0.25) is 0 Å². The molecule has 2 N–H and O–H groups in total. The first-order chi connectivity index (χ1) is 9.38. The molecule has 0 saturated carbocycles. The Balaban J connectivity index is 2.72. The predicted molar refractivity (Wildman–Crippen MR) is 78.3 cm³/mol. The SMILES string of the molecule is CCN(CCO)C(=O)N[C@@H](Cn1ccnc1)C(C)(C)C. The summed E-state index contributed by atoms with van der Waals surface area (Å²) in [5.41, 5.74) is -0.0709. The summed E-state index contributed by atoms with van der Waals surface area (Å²) in [5, 5.41) is 12.0. The van der Waals surface area contributed by atoms with Crippen molar-refractivity contribution in [3.05, 3.63) is 18.7 Å². The quantitative estimate of drug-likeness (QED) is 0.826. The van der Waals surface area contributed by atoms with Gasteiger partial charge in [0.1, 0.15) is 0 Å². The first-order valence-electron chi connectivity index (χ1n) is 7.00. The summed E-state index contributed by atoms with van der Waals surface area (Å²) in [7, 11) is 0. The Morgan fingerprint density at radius 3 is 2.65 bits per heavy atom. The number of aliphatic hydroxyl groups excluding tert-OH is 1. The van der Waals surface area contributed by atoms with E-state index in [9.17, 15) is 4.79 Å². The molecule has 0 aromatic carbocycles. The van der Waals surface area contributed by atoms with Crippen LogP contribution in [0.3, 0.4) is 0 Å². The van der Waals surface area contributed by atoms with Gasteiger partial charge in [-0.15, -0.1) is 0 Å². The smallest absolute Gasteiger partial charge is 0.317 e. The van der Waals surface area contributed by atoms with Gasteiger partial charge in [0.15, 0.2) is 0 Å². The van der Waals surface area contributed by atoms with Crippen molar-refractivity contribution >= 4 is 6.03 Å². The highest BCUT2D eigenvalue weighted by molar-refractivity contribution is 5.74. The predicted octanol–water partition coefficient (Wildman–Crippen LogP) is 1.32. The molecule has 0 aliphatic heterocycles. The lowest BCUT2D eigenvalue weighted by molar-refractivity contribution is 0.162. The second kappa shape index (κ2) is 7.28. The molecular weight excluding hydrogens is 256 g/mol. The van der Waals surface area contributed by atoms with Crippen LogP contribution in [0.4, 0.5) is 4.79 Å². The molecule has 6 heteroatoms. The monoisotopic (exact) mass is 282 g/mol. The van der Waals surface area contributed by atoms with E-state index >= 15 is 0 Å². The van der Waals surface area contributed by atoms with E-state index in [2.05, 4.69) is 31.1 Å². The van der Waals surface area contributed by atoms with Crippen molar-refractivity contribution < 1.29 is 9.90 Å². The summed E-state index contributed by atoms with van der Waals surface area (Å²) in [6, 6.07) is -0.154. The molecule has 0 spiro atoms. The Morgan fingerprint density at radius 2 is 2.20 bits per heavy atom. The third kappa shape index (κ3) is 4.85. The minimum absolute atomic E-state index is 0.0167. The molecule has 0 bridgehead atoms. The molecule has 0 fully saturated rings. The Morgan fingerprint density at radius 1 is 1.50 bits per heavy atom. The highest BCUT2D eigenvalue weighted by Crippen LogP contribution is 2.21. The maximum atomic E-state index is 12.2. The van der Waals surface area contributed by atoms with Crippen LogP contribution in [0.15, 0.2) is 18.7 Å². The summed E-state index contributed by atoms with van der Waals surface area (Å²) < 4.78 is 1.96. The number of nitrogens with zero attached hydrogens (tertiary/aromatic N) is 3. The number of urea groups is 1. The number of amides is 2. The van der Waals surface area contributed by atoms with Gasteiger partial charge in [-0.05, 0) is 12.3 Å². The van der Waals surface area contributed by atoms with E-state index in [1.54, 1.807) is 17.4 Å². The van der Waals surface area contributed by atoms with Gasteiger partial charge in [-0.25, -0.2) is 9.78 Å². The van der Waals surface area contributed by atoms with Gasteiger partial charge in [-0.3, -0.25) is 0 Å². The van der Waals surface area contributed by atoms with E-state index in [4.69, 9.17) is 5.11 Å². The van der Waals surface area contributed by atoms with Gasteiger partial charge in [0.05, 0.1) is 19.0 Å². The molecule has 1 rings (SSSR count). The summed E-state index contributed by atoms with van der Waals surface area (Å²) in [4.78, 5) is 17.9. The molecule has 0 radical (unpaired) electrons. The maximum absolute atomic E-state index is 12.2. The number of rotatable bonds is 6. The topological polar surface area (TPSA) is 70.4 Å². The number of aliphatic hydroxyl groups is 1. The van der Waals surface area contributed by atoms with Gasteiger partial charge in [0.2, 0.25) is 0 Å². The van der Waals surface area contributed by atoms with Crippen LogP contribution in [0.1, 0.15) is 27.7 Å². The molecule has 0 aliphatic carbocycles. The van der Waals surface area contributed by atoms with Crippen LogP contribution >= 0.6 is 0 Å². The van der Waals surface area contributed by atoms with E-state index in [0.717, 1.165) is 0 Å². The molecule has 1 aromatic rings. The standard InChI is InChI=1S/C14H26N4O2/c1-5-18(8-9-19)13(20)16-12(14(2,3)4)10-17-7-6-15-11-17/h6-7,11-12,19H,5,8-10H2,1-4H3,(H,16,20)/t12-/m0/s1. The van der Waals surface area contributed by atoms with Crippen molar-refractivity contribution in [2.75, 3.05) is 19.7 Å². The fourth-order valence-electron chi connectivity index (χ4n) is 1.91. The van der Waals surface area contributed by atoms with Gasteiger partial charge in [-0.1, -0.05) is 20.8 Å². The number of hydrogen-bond donors (Lipinski definition) is 2. The fraction of sp³-hybridized carbons (Fsp3) is 0.714. The van der Waals surface area contributed by atoms with E-state index in [1.165, 1.54) is 0 Å². The Bertz CT molecular complexity index is 398. The summed E-state index contributed by atoms with van der Waals surface area (Å²) in [6.07, 6.45) is 5.36. The average molecular weight is 282 g/mol. The minimum Gasteiger partial charge on any atom is -0.395 e. The van der Waals surface area contributed by atoms with E-state index in [0.29, 0.717) is 19.6 Å². The third-order valence-electron chi connectivity index (χ3n) is 3.33. The number of carbonyl (C=O) groups is 1. The van der Waals surface area contributed by atoms with E-state index < -0.39 is 0 Å². The largest absolute Gasteiger partial charge is 0.395 e. The molecule has 0 unspecified atom stereocenters. The number of likely N-dealkylation sites (N-methyl/N-ethyl adjacent to an activating group) is 1. The summed E-state index contributed by atoms with van der Waals surface area (Å²) >= 11 is 0. The Hall–Kier alpha value is -1.56. The third-order valence-corrected chi connectivity index (χ3v) is 3.33. The van der Waals surface area contributed by atoms with Crippen LogP contribution in [0.25, 0.3) is 0 Å². The zero-order valence-corrected chi connectivity index (χ0v) is 12.8. The number of carbonyl (C=O) groups excluding carboxylic acids is 1. The first-order valence-corrected chi connectivity index (χ1v) is 7.00. The van der Waals surface area contributed by atoms with Crippen LogP contribution in [-0.2, 0) is 6.54 Å². The van der Waals surface area contributed by atoms with Gasteiger partial charge < -0.3 is 19.9 Å². The first kappa shape index (κ1) is 16.5. The lowest BCUT2D eigenvalue weighted by atomic mass is 9.86. The molecule has 1 aromatic heterocycles. The average Bonchev–Trinajstić information content (AvgIpc) is 2.86. The number of imidazole rings is 1. The molecule has 114 valence electrons. The molecular formula is C14H26N4O2. The molecule has 0 aliphatic rings. The summed E-state index contributed by atoms with van der Waals surface area (Å²) in [5.74, 6) is 0. The minimum atomic E-state index is -0.137. The molecule has 1 heterocycles. The van der Waals surface area contributed by atoms with Crippen molar-refractivity contribution in [3.8, 4) is 0 Å².